The van der Waals surface area contributed by atoms with E-state index in [1.807, 2.05) is 19.4 Å². The molecule has 0 fully saturated rings. The molecule has 2 rings (SSSR count). The Labute approximate surface area is 97.1 Å². The molecule has 1 N–H and O–H groups in total. The molecule has 72 valence electrons. The third-order valence-electron chi connectivity index (χ3n) is 2.33. The summed E-state index contributed by atoms with van der Waals surface area (Å²) in [4.78, 5) is 3.25. The van der Waals surface area contributed by atoms with E-state index in [-0.39, 0.29) is 0 Å². The monoisotopic (exact) mass is 299 g/mol. The first-order valence-electron chi connectivity index (χ1n) is 4.48. The molecule has 0 aliphatic carbocycles. The van der Waals surface area contributed by atoms with Gasteiger partial charge in [-0.25, -0.2) is 9.55 Å². The first-order valence-corrected chi connectivity index (χ1v) is 5.56. The smallest absolute Gasteiger partial charge is 0.243 e. The van der Waals surface area contributed by atoms with Crippen LogP contribution in [0.1, 0.15) is 5.56 Å². The number of hydrogen-bond donors (Lipinski definition) is 1. The van der Waals surface area contributed by atoms with E-state index in [1.165, 1.54) is 14.7 Å². The molecular formula is C11H12IN2+. The molecule has 0 unspecified atom stereocenters. The van der Waals surface area contributed by atoms with Crippen molar-refractivity contribution in [2.45, 2.75) is 6.92 Å². The van der Waals surface area contributed by atoms with Crippen molar-refractivity contribution in [2.75, 3.05) is 0 Å². The first-order chi connectivity index (χ1) is 6.68. The van der Waals surface area contributed by atoms with Gasteiger partial charge in [-0.05, 0) is 47.2 Å². The molecular weight excluding hydrogens is 287 g/mol. The highest BCUT2D eigenvalue weighted by molar-refractivity contribution is 14.1. The van der Waals surface area contributed by atoms with Gasteiger partial charge in [0, 0.05) is 3.57 Å². The molecule has 0 saturated carbocycles. The highest BCUT2D eigenvalue weighted by Gasteiger charge is 2.12. The quantitative estimate of drug-likeness (QED) is 0.616. The lowest BCUT2D eigenvalue weighted by molar-refractivity contribution is -0.658. The first kappa shape index (κ1) is 9.71. The molecule has 2 aromatic rings. The van der Waals surface area contributed by atoms with Crippen LogP contribution >= 0.6 is 22.6 Å². The van der Waals surface area contributed by atoms with Crippen molar-refractivity contribution in [1.29, 1.82) is 0 Å². The van der Waals surface area contributed by atoms with Crippen LogP contribution < -0.4 is 4.57 Å². The van der Waals surface area contributed by atoms with Gasteiger partial charge in [-0.3, -0.25) is 0 Å². The van der Waals surface area contributed by atoms with Gasteiger partial charge in [0.1, 0.15) is 12.4 Å². The summed E-state index contributed by atoms with van der Waals surface area (Å²) >= 11 is 2.34. The number of imidazole rings is 1. The largest absolute Gasteiger partial charge is 0.286 e. The number of aromatic nitrogens is 2. The van der Waals surface area contributed by atoms with Gasteiger partial charge in [0.15, 0.2) is 0 Å². The average Bonchev–Trinajstić information content (AvgIpc) is 2.56. The number of aromatic amines is 1. The van der Waals surface area contributed by atoms with Crippen molar-refractivity contribution in [3.63, 3.8) is 0 Å². The Balaban J connectivity index is 2.62. The van der Waals surface area contributed by atoms with E-state index in [9.17, 15) is 0 Å². The summed E-state index contributed by atoms with van der Waals surface area (Å²) in [6, 6.07) is 6.47. The van der Waals surface area contributed by atoms with E-state index >= 15 is 0 Å². The van der Waals surface area contributed by atoms with E-state index < -0.39 is 0 Å². The molecule has 0 aliphatic heterocycles. The van der Waals surface area contributed by atoms with E-state index in [4.69, 9.17) is 0 Å². The fraction of sp³-hybridized carbons (Fsp3) is 0.182. The van der Waals surface area contributed by atoms with Gasteiger partial charge >= 0.3 is 0 Å². The van der Waals surface area contributed by atoms with Crippen molar-refractivity contribution < 1.29 is 4.57 Å². The SMILES string of the molecule is Cc1ccc(I)cc1-c1[nH]cc[n+]1C. The molecule has 0 radical (unpaired) electrons. The van der Waals surface area contributed by atoms with Crippen LogP contribution in [0.3, 0.4) is 0 Å². The Morgan fingerprint density at radius 2 is 2.14 bits per heavy atom. The minimum Gasteiger partial charge on any atom is -0.243 e. The fourth-order valence-electron chi connectivity index (χ4n) is 1.52. The number of nitrogens with zero attached hydrogens (tertiary/aromatic N) is 1. The summed E-state index contributed by atoms with van der Waals surface area (Å²) in [6.07, 6.45) is 3.98. The van der Waals surface area contributed by atoms with Gasteiger partial charge in [-0.15, -0.1) is 0 Å². The number of aryl methyl sites for hydroxylation is 2. The second-order valence-electron chi connectivity index (χ2n) is 3.38. The summed E-state index contributed by atoms with van der Waals surface area (Å²) < 4.78 is 3.36. The van der Waals surface area contributed by atoms with Gasteiger partial charge in [-0.2, -0.15) is 0 Å². The zero-order chi connectivity index (χ0) is 10.1. The molecule has 0 saturated heterocycles. The molecule has 0 amide bonds. The van der Waals surface area contributed by atoms with Crippen LogP contribution in [0.5, 0.6) is 0 Å². The molecule has 3 heteroatoms. The van der Waals surface area contributed by atoms with Gasteiger partial charge in [0.2, 0.25) is 0 Å². The second kappa shape index (κ2) is 3.73. The number of halogens is 1. The third kappa shape index (κ3) is 1.68. The summed E-state index contributed by atoms with van der Waals surface area (Å²) in [7, 11) is 2.05. The Bertz CT molecular complexity index is 460. The van der Waals surface area contributed by atoms with Crippen LogP contribution in [0, 0.1) is 10.5 Å². The van der Waals surface area contributed by atoms with Crippen LogP contribution in [0.2, 0.25) is 0 Å². The highest BCUT2D eigenvalue weighted by atomic mass is 127. The Hall–Kier alpha value is -0.840. The van der Waals surface area contributed by atoms with Crippen molar-refractivity contribution >= 4 is 22.6 Å². The Morgan fingerprint density at radius 3 is 2.79 bits per heavy atom. The van der Waals surface area contributed by atoms with Crippen molar-refractivity contribution in [2.24, 2.45) is 7.05 Å². The third-order valence-corrected chi connectivity index (χ3v) is 3.00. The number of nitrogens with one attached hydrogen (secondary N) is 1. The van der Waals surface area contributed by atoms with Crippen LogP contribution in [-0.4, -0.2) is 4.98 Å². The lowest BCUT2D eigenvalue weighted by atomic mass is 10.1. The van der Waals surface area contributed by atoms with E-state index in [0.29, 0.717) is 0 Å². The van der Waals surface area contributed by atoms with Gasteiger partial charge in [0.05, 0.1) is 12.6 Å². The fourth-order valence-corrected chi connectivity index (χ4v) is 2.01. The maximum atomic E-state index is 3.25. The lowest BCUT2D eigenvalue weighted by Crippen LogP contribution is -2.27. The van der Waals surface area contributed by atoms with Crippen molar-refractivity contribution in [1.82, 2.24) is 4.98 Å². The summed E-state index contributed by atoms with van der Waals surface area (Å²) in [6.45, 7) is 2.13. The van der Waals surface area contributed by atoms with Gasteiger partial charge in [0.25, 0.3) is 5.82 Å². The van der Waals surface area contributed by atoms with E-state index in [0.717, 1.165) is 5.82 Å². The number of H-pyrrole nitrogens is 1. The maximum absolute atomic E-state index is 3.25. The molecule has 2 nitrogen and oxygen atoms in total. The molecule has 1 aromatic heterocycles. The zero-order valence-electron chi connectivity index (χ0n) is 8.21. The minimum absolute atomic E-state index is 1.15. The molecule has 0 atom stereocenters. The molecule has 1 heterocycles. The predicted octanol–water partition coefficient (Wildman–Crippen LogP) is 2.42. The Morgan fingerprint density at radius 1 is 1.36 bits per heavy atom. The maximum Gasteiger partial charge on any atom is 0.286 e. The van der Waals surface area contributed by atoms with Gasteiger partial charge in [-0.1, -0.05) is 6.07 Å². The van der Waals surface area contributed by atoms with Crippen LogP contribution in [0.15, 0.2) is 30.6 Å². The van der Waals surface area contributed by atoms with Crippen LogP contribution in [-0.2, 0) is 7.05 Å². The molecule has 0 aliphatic rings. The molecule has 0 bridgehead atoms. The summed E-state index contributed by atoms with van der Waals surface area (Å²) in [5.74, 6) is 1.15. The Kier molecular flexibility index (Phi) is 2.58. The normalized spacial score (nSPS) is 10.5. The van der Waals surface area contributed by atoms with Crippen LogP contribution in [0.4, 0.5) is 0 Å². The molecule has 14 heavy (non-hydrogen) atoms. The van der Waals surface area contributed by atoms with Gasteiger partial charge < -0.3 is 0 Å². The second-order valence-corrected chi connectivity index (χ2v) is 4.62. The zero-order valence-corrected chi connectivity index (χ0v) is 10.4. The number of hydrogen-bond acceptors (Lipinski definition) is 0. The number of rotatable bonds is 1. The molecule has 1 aromatic carbocycles. The topological polar surface area (TPSA) is 19.7 Å². The van der Waals surface area contributed by atoms with E-state index in [1.54, 1.807) is 0 Å². The predicted molar refractivity (Wildman–Crippen MR) is 64.9 cm³/mol. The average molecular weight is 299 g/mol. The number of benzene rings is 1. The van der Waals surface area contributed by atoms with E-state index in [2.05, 4.69) is 57.3 Å². The van der Waals surface area contributed by atoms with Crippen molar-refractivity contribution in [3.8, 4) is 11.4 Å². The summed E-state index contributed by atoms with van der Waals surface area (Å²) in [5.41, 5.74) is 2.56. The summed E-state index contributed by atoms with van der Waals surface area (Å²) in [5, 5.41) is 0. The lowest BCUT2D eigenvalue weighted by Gasteiger charge is -2.01. The van der Waals surface area contributed by atoms with Crippen molar-refractivity contribution in [3.05, 3.63) is 39.7 Å². The van der Waals surface area contributed by atoms with Crippen LogP contribution in [0.25, 0.3) is 11.4 Å². The highest BCUT2D eigenvalue weighted by Crippen LogP contribution is 2.20. The molecule has 0 spiro atoms. The standard InChI is InChI=1S/C11H11IN2/c1-8-3-4-9(12)7-10(8)11-13-5-6-14(11)2/h3-7H,1-2H3/p+1. The minimum atomic E-state index is 1.15.